The van der Waals surface area contributed by atoms with Crippen LogP contribution in [-0.4, -0.2) is 11.9 Å². The van der Waals surface area contributed by atoms with E-state index in [1.54, 1.807) is 0 Å². The van der Waals surface area contributed by atoms with Gasteiger partial charge in [-0.25, -0.2) is 0 Å². The fraction of sp³-hybridized carbons (Fsp3) is 0.800. The van der Waals surface area contributed by atoms with Gasteiger partial charge in [0.05, 0.1) is 11.3 Å². The molecule has 1 saturated heterocycles. The van der Waals surface area contributed by atoms with Crippen LogP contribution in [0.2, 0.25) is 0 Å². The van der Waals surface area contributed by atoms with E-state index in [4.69, 9.17) is 4.74 Å². The predicted molar refractivity (Wildman–Crippen MR) is 43.5 cm³/mol. The molecular formula is C10H12O3. The molecule has 0 spiro atoms. The molecule has 13 heavy (non-hydrogen) atoms. The molecule has 0 radical (unpaired) electrons. The second-order valence-corrected chi connectivity index (χ2v) is 4.74. The van der Waals surface area contributed by atoms with Gasteiger partial charge in [0.25, 0.3) is 0 Å². The summed E-state index contributed by atoms with van der Waals surface area (Å²) in [6, 6.07) is 0. The normalized spacial score (nSPS) is 52.5. The summed E-state index contributed by atoms with van der Waals surface area (Å²) in [4.78, 5) is 23.0. The minimum Gasteiger partial charge on any atom is -0.392 e. The van der Waals surface area contributed by atoms with Gasteiger partial charge in [0.2, 0.25) is 0 Å². The number of cyclic esters (lactones) is 2. The van der Waals surface area contributed by atoms with Crippen LogP contribution in [0.5, 0.6) is 0 Å². The molecule has 2 aliphatic carbocycles. The smallest absolute Gasteiger partial charge is 0.320 e. The highest BCUT2D eigenvalue weighted by Crippen LogP contribution is 2.62. The van der Waals surface area contributed by atoms with Crippen LogP contribution in [0.15, 0.2) is 0 Å². The predicted octanol–water partition coefficient (Wildman–Crippen LogP) is 1.12. The van der Waals surface area contributed by atoms with Gasteiger partial charge in [-0.05, 0) is 38.0 Å². The molecule has 3 fully saturated rings. The number of carbonyl (C=O) groups excluding carboxylic acids is 2. The lowest BCUT2D eigenvalue weighted by Gasteiger charge is -2.29. The number of fused-ring (bicyclic) bond motifs is 5. The molecule has 4 atom stereocenters. The molecule has 0 aromatic carbocycles. The molecule has 3 heteroatoms. The summed E-state index contributed by atoms with van der Waals surface area (Å²) in [5.74, 6) is 0.184. The number of esters is 2. The number of hydrogen-bond acceptors (Lipinski definition) is 3. The lowest BCUT2D eigenvalue weighted by Crippen LogP contribution is -2.36. The van der Waals surface area contributed by atoms with Crippen molar-refractivity contribution < 1.29 is 14.3 Å². The maximum atomic E-state index is 11.5. The molecule has 70 valence electrons. The summed E-state index contributed by atoms with van der Waals surface area (Å²) in [6.45, 7) is 1.91. The first kappa shape index (κ1) is 7.54. The van der Waals surface area contributed by atoms with Crippen LogP contribution < -0.4 is 0 Å². The van der Waals surface area contributed by atoms with Gasteiger partial charge in [0, 0.05) is 0 Å². The zero-order valence-corrected chi connectivity index (χ0v) is 7.58. The van der Waals surface area contributed by atoms with E-state index in [1.165, 1.54) is 0 Å². The Morgan fingerprint density at radius 2 is 2.15 bits per heavy atom. The first-order chi connectivity index (χ1) is 6.14. The van der Waals surface area contributed by atoms with Crippen LogP contribution >= 0.6 is 0 Å². The van der Waals surface area contributed by atoms with Gasteiger partial charge in [-0.15, -0.1) is 0 Å². The Balaban J connectivity index is 2.12. The molecule has 3 aliphatic rings. The molecule has 0 amide bonds. The van der Waals surface area contributed by atoms with Gasteiger partial charge in [-0.3, -0.25) is 9.59 Å². The van der Waals surface area contributed by atoms with Crippen LogP contribution in [0.1, 0.15) is 26.2 Å². The second-order valence-electron chi connectivity index (χ2n) is 4.74. The van der Waals surface area contributed by atoms with Crippen LogP contribution in [-0.2, 0) is 14.3 Å². The summed E-state index contributed by atoms with van der Waals surface area (Å²) in [5.41, 5.74) is -0.458. The number of ether oxygens (including phenoxy) is 1. The fourth-order valence-corrected chi connectivity index (χ4v) is 3.60. The Morgan fingerprint density at radius 1 is 1.38 bits per heavy atom. The van der Waals surface area contributed by atoms with Gasteiger partial charge in [-0.2, -0.15) is 0 Å². The molecule has 1 aliphatic heterocycles. The summed E-state index contributed by atoms with van der Waals surface area (Å²) < 4.78 is 4.73. The average molecular weight is 180 g/mol. The SMILES string of the molecule is C[C@@]12C(=O)OC(=O)[C@@H]1[C@@H]1CC[C@H]2C1. The highest BCUT2D eigenvalue weighted by molar-refractivity contribution is 6.00. The first-order valence-corrected chi connectivity index (χ1v) is 4.90. The van der Waals surface area contributed by atoms with Gasteiger partial charge >= 0.3 is 11.9 Å². The van der Waals surface area contributed by atoms with E-state index in [0.717, 1.165) is 19.3 Å². The minimum absolute atomic E-state index is 0.112. The van der Waals surface area contributed by atoms with Gasteiger partial charge < -0.3 is 4.74 Å². The number of carbonyl (C=O) groups is 2. The Kier molecular flexibility index (Phi) is 1.14. The van der Waals surface area contributed by atoms with Crippen molar-refractivity contribution in [2.45, 2.75) is 26.2 Å². The third kappa shape index (κ3) is 0.640. The zero-order chi connectivity index (χ0) is 9.22. The van der Waals surface area contributed by atoms with Crippen LogP contribution in [0.4, 0.5) is 0 Å². The van der Waals surface area contributed by atoms with Crippen LogP contribution in [0.3, 0.4) is 0 Å². The Morgan fingerprint density at radius 3 is 2.85 bits per heavy atom. The van der Waals surface area contributed by atoms with E-state index < -0.39 is 5.41 Å². The maximum Gasteiger partial charge on any atom is 0.320 e. The van der Waals surface area contributed by atoms with Gasteiger partial charge in [0.1, 0.15) is 0 Å². The topological polar surface area (TPSA) is 43.4 Å². The summed E-state index contributed by atoms with van der Waals surface area (Å²) in [7, 11) is 0. The molecule has 3 nitrogen and oxygen atoms in total. The van der Waals surface area contributed by atoms with E-state index in [-0.39, 0.29) is 17.9 Å². The van der Waals surface area contributed by atoms with E-state index >= 15 is 0 Å². The Bertz CT molecular complexity index is 309. The molecular weight excluding hydrogens is 168 g/mol. The molecule has 1 heterocycles. The summed E-state index contributed by atoms with van der Waals surface area (Å²) in [6.07, 6.45) is 3.26. The van der Waals surface area contributed by atoms with Gasteiger partial charge in [-0.1, -0.05) is 0 Å². The van der Waals surface area contributed by atoms with Crippen molar-refractivity contribution in [3.8, 4) is 0 Å². The van der Waals surface area contributed by atoms with E-state index in [2.05, 4.69) is 0 Å². The molecule has 0 aromatic heterocycles. The third-order valence-corrected chi connectivity index (χ3v) is 4.33. The highest BCUT2D eigenvalue weighted by Gasteiger charge is 2.67. The molecule has 0 unspecified atom stereocenters. The van der Waals surface area contributed by atoms with Crippen molar-refractivity contribution in [3.05, 3.63) is 0 Å². The van der Waals surface area contributed by atoms with Crippen molar-refractivity contribution in [2.75, 3.05) is 0 Å². The maximum absolute atomic E-state index is 11.5. The van der Waals surface area contributed by atoms with Gasteiger partial charge in [0.15, 0.2) is 0 Å². The van der Waals surface area contributed by atoms with E-state index in [1.807, 2.05) is 6.92 Å². The zero-order valence-electron chi connectivity index (χ0n) is 7.58. The van der Waals surface area contributed by atoms with Crippen molar-refractivity contribution in [3.63, 3.8) is 0 Å². The standard InChI is InChI=1S/C10H12O3/c1-10-6-3-2-5(4-6)7(10)8(11)13-9(10)12/h5-7H,2-4H2,1H3/t5-,6+,7+,10+/m1/s1. The van der Waals surface area contributed by atoms with Crippen molar-refractivity contribution >= 4 is 11.9 Å². The van der Waals surface area contributed by atoms with Crippen molar-refractivity contribution in [2.24, 2.45) is 23.2 Å². The lowest BCUT2D eigenvalue weighted by molar-refractivity contribution is -0.156. The first-order valence-electron chi connectivity index (χ1n) is 4.90. The highest BCUT2D eigenvalue weighted by atomic mass is 16.6. The van der Waals surface area contributed by atoms with Crippen LogP contribution in [0, 0.1) is 23.2 Å². The van der Waals surface area contributed by atoms with Crippen molar-refractivity contribution in [1.82, 2.24) is 0 Å². The number of rotatable bonds is 0. The largest absolute Gasteiger partial charge is 0.392 e. The summed E-state index contributed by atoms with van der Waals surface area (Å²) >= 11 is 0. The van der Waals surface area contributed by atoms with Crippen molar-refractivity contribution in [1.29, 1.82) is 0 Å². The van der Waals surface area contributed by atoms with E-state index in [0.29, 0.717) is 11.8 Å². The number of hydrogen-bond donors (Lipinski definition) is 0. The van der Waals surface area contributed by atoms with E-state index in [9.17, 15) is 9.59 Å². The fourth-order valence-electron chi connectivity index (χ4n) is 3.60. The minimum atomic E-state index is -0.458. The quantitative estimate of drug-likeness (QED) is 0.414. The van der Waals surface area contributed by atoms with Crippen LogP contribution in [0.25, 0.3) is 0 Å². The Hall–Kier alpha value is -0.860. The molecule has 2 saturated carbocycles. The third-order valence-electron chi connectivity index (χ3n) is 4.33. The molecule has 2 bridgehead atoms. The monoisotopic (exact) mass is 180 g/mol. The molecule has 3 rings (SSSR count). The lowest BCUT2D eigenvalue weighted by atomic mass is 9.69. The summed E-state index contributed by atoms with van der Waals surface area (Å²) in [5, 5.41) is 0. The Labute approximate surface area is 76.4 Å². The second kappa shape index (κ2) is 1.97. The molecule has 0 aromatic rings. The molecule has 0 N–H and O–H groups in total. The average Bonchev–Trinajstić information content (AvgIpc) is 2.66.